The third kappa shape index (κ3) is 2.83. The average molecular weight is 388 g/mol. The zero-order chi connectivity index (χ0) is 19.6. The summed E-state index contributed by atoms with van der Waals surface area (Å²) in [6.45, 7) is 1.13. The van der Waals surface area contributed by atoms with Crippen LogP contribution in [0.3, 0.4) is 0 Å². The Morgan fingerprint density at radius 1 is 1.29 bits per heavy atom. The minimum Gasteiger partial charge on any atom is -0.535 e. The summed E-state index contributed by atoms with van der Waals surface area (Å²) < 4.78 is 11.3. The number of ether oxygens (including phenoxy) is 1. The first-order valence-corrected chi connectivity index (χ1v) is 9.54. The summed E-state index contributed by atoms with van der Waals surface area (Å²) in [6.07, 6.45) is 0.374. The maximum atomic E-state index is 12.4. The van der Waals surface area contributed by atoms with Gasteiger partial charge < -0.3 is 34.8 Å². The van der Waals surface area contributed by atoms with Gasteiger partial charge >= 0.3 is 13.1 Å². The number of carbonyl (C=O) groups excluding carboxylic acids is 1. The molecule has 4 N–H and O–H groups in total. The Hall–Kier alpha value is -2.30. The second kappa shape index (κ2) is 6.36. The number of aliphatic hydroxyl groups is 1. The van der Waals surface area contributed by atoms with Gasteiger partial charge in [-0.15, -0.1) is 0 Å². The Morgan fingerprint density at radius 3 is 2.75 bits per heavy atom. The van der Waals surface area contributed by atoms with Gasteiger partial charge in [0.2, 0.25) is 5.91 Å². The van der Waals surface area contributed by atoms with Gasteiger partial charge in [0.05, 0.1) is 25.2 Å². The number of nitrogens with one attached hydrogen (secondary N) is 1. The maximum absolute atomic E-state index is 12.4. The number of carbonyl (C=O) groups is 2. The average Bonchev–Trinajstić information content (AvgIpc) is 3.31. The van der Waals surface area contributed by atoms with E-state index in [1.807, 2.05) is 0 Å². The fraction of sp³-hybridized carbons (Fsp3) is 0.556. The smallest absolute Gasteiger partial charge is 0.526 e. The van der Waals surface area contributed by atoms with Gasteiger partial charge in [-0.3, -0.25) is 4.79 Å². The molecule has 0 bridgehead atoms. The number of carboxylic acid groups (broad SMARTS) is 1. The molecule has 1 aromatic rings. The van der Waals surface area contributed by atoms with Crippen molar-refractivity contribution in [2.45, 2.75) is 42.8 Å². The summed E-state index contributed by atoms with van der Waals surface area (Å²) in [4.78, 5) is 25.9. The fourth-order valence-corrected chi connectivity index (χ4v) is 4.39. The van der Waals surface area contributed by atoms with E-state index in [1.54, 1.807) is 17.0 Å². The number of hydrogen-bond donors (Lipinski definition) is 4. The van der Waals surface area contributed by atoms with Crippen LogP contribution < -0.4 is 14.7 Å². The van der Waals surface area contributed by atoms with Crippen molar-refractivity contribution in [3.63, 3.8) is 0 Å². The molecule has 148 valence electrons. The van der Waals surface area contributed by atoms with Crippen LogP contribution in [0.1, 0.15) is 34.7 Å². The molecule has 3 heterocycles. The van der Waals surface area contributed by atoms with Crippen LogP contribution in [-0.4, -0.2) is 77.0 Å². The number of aromatic carboxylic acids is 1. The Bertz CT molecular complexity index is 843. The van der Waals surface area contributed by atoms with Crippen LogP contribution in [0, 0.1) is 0 Å². The van der Waals surface area contributed by atoms with E-state index in [9.17, 15) is 24.8 Å². The molecule has 1 amide bonds. The molecular weight excluding hydrogens is 367 g/mol. The number of rotatable bonds is 4. The van der Waals surface area contributed by atoms with E-state index in [2.05, 4.69) is 5.32 Å². The predicted molar refractivity (Wildman–Crippen MR) is 96.5 cm³/mol. The maximum Gasteiger partial charge on any atom is 0.526 e. The van der Waals surface area contributed by atoms with Crippen molar-refractivity contribution >= 4 is 19.0 Å². The highest BCUT2D eigenvalue weighted by Crippen LogP contribution is 2.60. The topological polar surface area (TPSA) is 129 Å². The van der Waals surface area contributed by atoms with Crippen molar-refractivity contribution in [3.8, 4) is 11.5 Å². The lowest BCUT2D eigenvalue weighted by molar-refractivity contribution is -0.142. The van der Waals surface area contributed by atoms with Crippen LogP contribution in [0.4, 0.5) is 0 Å². The standard InChI is InChI=1S/C18H21BN2O7/c22-8-3-13(20-5-8)17(23)21-6-9(7-21)27-14-2-1-10-11-4-12(11)19(26)28-16(10)15(14)18(24)25/h1-2,8-9,11-13,20,22,26H,3-7H2,(H,24,25)/t8-,11-,12-,13+/m0/s1. The molecule has 0 radical (unpaired) electrons. The van der Waals surface area contributed by atoms with E-state index in [0.29, 0.717) is 26.1 Å². The van der Waals surface area contributed by atoms with Crippen molar-refractivity contribution in [3.05, 3.63) is 23.3 Å². The zero-order valence-electron chi connectivity index (χ0n) is 15.1. The summed E-state index contributed by atoms with van der Waals surface area (Å²) in [5, 5.41) is 32.2. The lowest BCUT2D eigenvalue weighted by Crippen LogP contribution is -2.59. The summed E-state index contributed by atoms with van der Waals surface area (Å²) >= 11 is 0. The van der Waals surface area contributed by atoms with Gasteiger partial charge in [0, 0.05) is 12.4 Å². The van der Waals surface area contributed by atoms with E-state index in [1.165, 1.54) is 0 Å². The molecule has 3 fully saturated rings. The summed E-state index contributed by atoms with van der Waals surface area (Å²) in [6, 6.07) is 3.06. The minimum absolute atomic E-state index is 0.0369. The molecule has 0 spiro atoms. The van der Waals surface area contributed by atoms with Crippen molar-refractivity contribution in [1.82, 2.24) is 10.2 Å². The molecular formula is C18H21BN2O7. The second-order valence-corrected chi connectivity index (χ2v) is 8.01. The first kappa shape index (κ1) is 17.8. The number of hydrogen-bond acceptors (Lipinski definition) is 7. The Morgan fingerprint density at radius 2 is 2.07 bits per heavy atom. The number of benzene rings is 1. The molecule has 5 rings (SSSR count). The highest BCUT2D eigenvalue weighted by molar-refractivity contribution is 6.48. The van der Waals surface area contributed by atoms with Crippen molar-refractivity contribution in [1.29, 1.82) is 0 Å². The van der Waals surface area contributed by atoms with Gasteiger partial charge in [-0.05, 0) is 30.4 Å². The van der Waals surface area contributed by atoms with Crippen LogP contribution in [0.2, 0.25) is 5.82 Å². The van der Waals surface area contributed by atoms with Gasteiger partial charge in [0.25, 0.3) is 0 Å². The third-order valence-corrected chi connectivity index (χ3v) is 6.07. The van der Waals surface area contributed by atoms with Crippen LogP contribution in [-0.2, 0) is 4.79 Å². The molecule has 3 aliphatic heterocycles. The number of carboxylic acids is 1. The van der Waals surface area contributed by atoms with Gasteiger partial charge in [0.15, 0.2) is 0 Å². The monoisotopic (exact) mass is 388 g/mol. The van der Waals surface area contributed by atoms with E-state index >= 15 is 0 Å². The lowest BCUT2D eigenvalue weighted by Gasteiger charge is -2.40. The first-order chi connectivity index (χ1) is 13.4. The van der Waals surface area contributed by atoms with Crippen molar-refractivity contribution in [2.75, 3.05) is 19.6 Å². The van der Waals surface area contributed by atoms with E-state index in [-0.39, 0.29) is 46.9 Å². The van der Waals surface area contributed by atoms with E-state index in [4.69, 9.17) is 9.39 Å². The molecule has 10 heteroatoms. The second-order valence-electron chi connectivity index (χ2n) is 8.01. The number of nitrogens with zero attached hydrogens (tertiary/aromatic N) is 1. The third-order valence-electron chi connectivity index (χ3n) is 6.07. The fourth-order valence-electron chi connectivity index (χ4n) is 4.39. The quantitative estimate of drug-likeness (QED) is 0.505. The zero-order valence-corrected chi connectivity index (χ0v) is 15.1. The first-order valence-electron chi connectivity index (χ1n) is 9.54. The molecule has 1 saturated carbocycles. The van der Waals surface area contributed by atoms with Crippen LogP contribution in [0.5, 0.6) is 11.5 Å². The van der Waals surface area contributed by atoms with Crippen molar-refractivity contribution < 1.29 is 34.2 Å². The number of β-amino-alcohol motifs (C(OH)–C–C–N with tert-alkyl or cyclic N) is 1. The molecule has 4 atom stereocenters. The Balaban J connectivity index is 1.28. The van der Waals surface area contributed by atoms with Gasteiger partial charge in [-0.2, -0.15) is 0 Å². The van der Waals surface area contributed by atoms with Crippen LogP contribution in [0.15, 0.2) is 12.1 Å². The Kier molecular flexibility index (Phi) is 4.04. The number of fused-ring (bicyclic) bond motifs is 3. The largest absolute Gasteiger partial charge is 0.535 e. The molecule has 2 saturated heterocycles. The van der Waals surface area contributed by atoms with Gasteiger partial charge in [0.1, 0.15) is 23.2 Å². The summed E-state index contributed by atoms with van der Waals surface area (Å²) in [5.74, 6) is -0.704. The molecule has 1 aliphatic carbocycles. The molecule has 4 aliphatic rings. The molecule has 1 aromatic carbocycles. The molecule has 9 nitrogen and oxygen atoms in total. The molecule has 28 heavy (non-hydrogen) atoms. The predicted octanol–water partition coefficient (Wildman–Crippen LogP) is -0.572. The minimum atomic E-state index is -1.17. The highest BCUT2D eigenvalue weighted by Gasteiger charge is 2.54. The highest BCUT2D eigenvalue weighted by atomic mass is 16.5. The van der Waals surface area contributed by atoms with Crippen LogP contribution >= 0.6 is 0 Å². The SMILES string of the molecule is O=C(O)c1c(OC2CN(C(=O)[C@H]3C[C@H](O)CN3)C2)ccc2c1OB(O)[C@H]1C[C@@H]21. The normalized spacial score (nSPS) is 30.8. The van der Waals surface area contributed by atoms with Gasteiger partial charge in [-0.25, -0.2) is 4.79 Å². The summed E-state index contributed by atoms with van der Waals surface area (Å²) in [5.41, 5.74) is 0.726. The van der Waals surface area contributed by atoms with Crippen molar-refractivity contribution in [2.24, 2.45) is 0 Å². The molecule has 0 aromatic heterocycles. The Labute approximate surface area is 161 Å². The van der Waals surface area contributed by atoms with E-state index in [0.717, 1.165) is 12.0 Å². The van der Waals surface area contributed by atoms with Gasteiger partial charge in [-0.1, -0.05) is 6.07 Å². The number of aliphatic hydroxyl groups excluding tert-OH is 1. The number of likely N-dealkylation sites (tertiary alicyclic amines) is 1. The molecule has 0 unspecified atom stereocenters. The lowest BCUT2D eigenvalue weighted by atomic mass is 9.77. The summed E-state index contributed by atoms with van der Waals surface area (Å²) in [7, 11) is -0.989. The van der Waals surface area contributed by atoms with Crippen LogP contribution in [0.25, 0.3) is 0 Å². The van der Waals surface area contributed by atoms with E-state index < -0.39 is 19.2 Å². The number of amides is 1.